The van der Waals surface area contributed by atoms with E-state index in [1.54, 1.807) is 6.92 Å². The number of aliphatic hydroxyl groups is 1. The van der Waals surface area contributed by atoms with Gasteiger partial charge in [0.05, 0.1) is 30.6 Å². The molecule has 2 atom stereocenters. The highest BCUT2D eigenvalue weighted by atomic mass is 32.2. The van der Waals surface area contributed by atoms with Crippen LogP contribution in [0.1, 0.15) is 34.7 Å². The molecule has 1 aliphatic heterocycles. The standard InChI is InChI=1S/C23H22F3N3O5S/c1-13(23(32,10-29-12-27-11-28-29)18-5-3-15(24)7-20(18)26)35-16-8-33-22(34-9-16)17-4-2-14(21(30)31)6-19(17)25/h2-7,11-13,16,22,32H,8-10H2,1H3,(H,30,31)/t13-,16?,22?,23-/m1/s1. The number of aromatic carboxylic acids is 1. The van der Waals surface area contributed by atoms with Crippen LogP contribution in [0, 0.1) is 17.5 Å². The minimum absolute atomic E-state index is 0.0718. The Morgan fingerprint density at radius 2 is 1.94 bits per heavy atom. The summed E-state index contributed by atoms with van der Waals surface area (Å²) in [6.45, 7) is 1.82. The van der Waals surface area contributed by atoms with Crippen molar-refractivity contribution in [2.24, 2.45) is 0 Å². The molecule has 35 heavy (non-hydrogen) atoms. The number of rotatable bonds is 8. The zero-order chi connectivity index (χ0) is 25.2. The van der Waals surface area contributed by atoms with E-state index in [4.69, 9.17) is 14.6 Å². The fraction of sp³-hybridized carbons (Fsp3) is 0.348. The lowest BCUT2D eigenvalue weighted by molar-refractivity contribution is -0.181. The molecule has 1 aromatic heterocycles. The lowest BCUT2D eigenvalue weighted by atomic mass is 9.90. The van der Waals surface area contributed by atoms with Gasteiger partial charge in [0.25, 0.3) is 0 Å². The number of carbonyl (C=O) groups is 1. The maximum absolute atomic E-state index is 14.7. The quantitative estimate of drug-likeness (QED) is 0.475. The van der Waals surface area contributed by atoms with Gasteiger partial charge >= 0.3 is 5.97 Å². The normalized spacial score (nSPS) is 20.8. The van der Waals surface area contributed by atoms with Gasteiger partial charge in [-0.2, -0.15) is 5.10 Å². The summed E-state index contributed by atoms with van der Waals surface area (Å²) in [7, 11) is 0. The van der Waals surface area contributed by atoms with Crippen molar-refractivity contribution in [2.45, 2.75) is 35.9 Å². The maximum atomic E-state index is 14.7. The van der Waals surface area contributed by atoms with Crippen LogP contribution in [0.15, 0.2) is 49.1 Å². The van der Waals surface area contributed by atoms with Gasteiger partial charge in [-0.15, -0.1) is 11.8 Å². The summed E-state index contributed by atoms with van der Waals surface area (Å²) in [5.74, 6) is -3.67. The molecule has 2 N–H and O–H groups in total. The lowest BCUT2D eigenvalue weighted by Crippen LogP contribution is -2.43. The highest BCUT2D eigenvalue weighted by molar-refractivity contribution is 8.00. The monoisotopic (exact) mass is 509 g/mol. The minimum atomic E-state index is -1.79. The zero-order valence-electron chi connectivity index (χ0n) is 18.5. The third-order valence-corrected chi connectivity index (χ3v) is 7.16. The fourth-order valence-corrected chi connectivity index (χ4v) is 5.15. The molecule has 0 spiro atoms. The predicted octanol–water partition coefficient (Wildman–Crippen LogP) is 3.52. The maximum Gasteiger partial charge on any atom is 0.335 e. The number of carboxylic acid groups (broad SMARTS) is 1. The summed E-state index contributed by atoms with van der Waals surface area (Å²) in [5, 5.41) is 23.7. The van der Waals surface area contributed by atoms with Gasteiger partial charge in [-0.05, 0) is 18.2 Å². The molecule has 1 aliphatic rings. The van der Waals surface area contributed by atoms with Crippen molar-refractivity contribution >= 4 is 17.7 Å². The number of thioether (sulfide) groups is 1. The van der Waals surface area contributed by atoms with Crippen LogP contribution >= 0.6 is 11.8 Å². The fourth-order valence-electron chi connectivity index (χ4n) is 3.83. The van der Waals surface area contributed by atoms with Crippen molar-refractivity contribution in [3.63, 3.8) is 0 Å². The number of hydrogen-bond donors (Lipinski definition) is 2. The number of aromatic nitrogens is 3. The van der Waals surface area contributed by atoms with Gasteiger partial charge in [-0.3, -0.25) is 0 Å². The van der Waals surface area contributed by atoms with Crippen molar-refractivity contribution in [3.05, 3.63) is 83.2 Å². The van der Waals surface area contributed by atoms with Crippen LogP contribution in [0.4, 0.5) is 13.2 Å². The molecule has 1 fully saturated rings. The Labute approximate surface area is 202 Å². The number of carboxylic acids is 1. The Kier molecular flexibility index (Phi) is 7.45. The summed E-state index contributed by atoms with van der Waals surface area (Å²) in [4.78, 5) is 14.9. The Balaban J connectivity index is 1.47. The van der Waals surface area contributed by atoms with Crippen LogP contribution in [-0.2, 0) is 21.6 Å². The molecule has 1 saturated heterocycles. The molecule has 8 nitrogen and oxygen atoms in total. The minimum Gasteiger partial charge on any atom is -0.478 e. The van der Waals surface area contributed by atoms with E-state index in [1.165, 1.54) is 47.3 Å². The van der Waals surface area contributed by atoms with Crippen LogP contribution in [0.5, 0.6) is 0 Å². The average Bonchev–Trinajstić information content (AvgIpc) is 3.32. The third-order valence-electron chi connectivity index (χ3n) is 5.70. The molecule has 0 aliphatic carbocycles. The molecular formula is C23H22F3N3O5S. The van der Waals surface area contributed by atoms with Gasteiger partial charge in [-0.25, -0.2) is 27.6 Å². The van der Waals surface area contributed by atoms with Gasteiger partial charge in [0.15, 0.2) is 6.29 Å². The molecule has 4 rings (SSSR count). The summed E-state index contributed by atoms with van der Waals surface area (Å²) in [5.41, 5.74) is -2.00. The molecule has 0 amide bonds. The second-order valence-electron chi connectivity index (χ2n) is 8.08. The van der Waals surface area contributed by atoms with E-state index in [1.807, 2.05) is 0 Å². The average molecular weight is 510 g/mol. The number of benzene rings is 2. The number of ether oxygens (including phenoxy) is 2. The molecule has 2 heterocycles. The zero-order valence-corrected chi connectivity index (χ0v) is 19.3. The van der Waals surface area contributed by atoms with Crippen LogP contribution in [0.3, 0.4) is 0 Å². The van der Waals surface area contributed by atoms with E-state index in [9.17, 15) is 23.1 Å². The molecule has 0 saturated carbocycles. The van der Waals surface area contributed by atoms with E-state index in [0.717, 1.165) is 12.1 Å². The predicted molar refractivity (Wildman–Crippen MR) is 119 cm³/mol. The first kappa shape index (κ1) is 25.2. The second-order valence-corrected chi connectivity index (χ2v) is 9.73. The molecule has 0 bridgehead atoms. The van der Waals surface area contributed by atoms with Crippen LogP contribution in [0.2, 0.25) is 0 Å². The highest BCUT2D eigenvalue weighted by Gasteiger charge is 2.41. The van der Waals surface area contributed by atoms with Crippen LogP contribution in [-0.4, -0.2) is 54.7 Å². The molecule has 186 valence electrons. The largest absolute Gasteiger partial charge is 0.478 e. The summed E-state index contributed by atoms with van der Waals surface area (Å²) < 4.78 is 55.2. The van der Waals surface area contributed by atoms with Gasteiger partial charge in [0.2, 0.25) is 0 Å². The molecular weight excluding hydrogens is 487 g/mol. The van der Waals surface area contributed by atoms with E-state index >= 15 is 0 Å². The van der Waals surface area contributed by atoms with Gasteiger partial charge in [-0.1, -0.05) is 19.1 Å². The number of nitrogens with zero attached hydrogens (tertiary/aromatic N) is 3. The highest BCUT2D eigenvalue weighted by Crippen LogP contribution is 2.39. The molecule has 0 unspecified atom stereocenters. The van der Waals surface area contributed by atoms with Crippen molar-refractivity contribution in [1.29, 1.82) is 0 Å². The van der Waals surface area contributed by atoms with E-state index in [2.05, 4.69) is 10.1 Å². The molecule has 2 aromatic carbocycles. The summed E-state index contributed by atoms with van der Waals surface area (Å²) in [6.07, 6.45) is 1.64. The Morgan fingerprint density at radius 1 is 1.20 bits per heavy atom. The van der Waals surface area contributed by atoms with E-state index in [-0.39, 0.29) is 41.7 Å². The van der Waals surface area contributed by atoms with Gasteiger partial charge in [0, 0.05) is 22.4 Å². The van der Waals surface area contributed by atoms with E-state index in [0.29, 0.717) is 6.07 Å². The first-order valence-corrected chi connectivity index (χ1v) is 11.5. The Bertz CT molecular complexity index is 1190. The molecule has 0 radical (unpaired) electrons. The Hall–Kier alpha value is -2.93. The van der Waals surface area contributed by atoms with Gasteiger partial charge in [0.1, 0.15) is 35.7 Å². The van der Waals surface area contributed by atoms with Crippen LogP contribution in [0.25, 0.3) is 0 Å². The smallest absolute Gasteiger partial charge is 0.335 e. The third kappa shape index (κ3) is 5.50. The second kappa shape index (κ2) is 10.4. The topological polar surface area (TPSA) is 107 Å². The van der Waals surface area contributed by atoms with Crippen molar-refractivity contribution in [1.82, 2.24) is 14.8 Å². The van der Waals surface area contributed by atoms with Crippen molar-refractivity contribution in [3.8, 4) is 0 Å². The lowest BCUT2D eigenvalue weighted by Gasteiger charge is -2.37. The van der Waals surface area contributed by atoms with Gasteiger partial charge < -0.3 is 19.7 Å². The van der Waals surface area contributed by atoms with E-state index < -0.39 is 40.6 Å². The van der Waals surface area contributed by atoms with Crippen molar-refractivity contribution < 1.29 is 37.7 Å². The Morgan fingerprint density at radius 3 is 2.54 bits per heavy atom. The number of halogens is 3. The number of hydrogen-bond acceptors (Lipinski definition) is 7. The summed E-state index contributed by atoms with van der Waals surface area (Å²) in [6, 6.07) is 6.44. The van der Waals surface area contributed by atoms with Crippen LogP contribution < -0.4 is 0 Å². The first-order chi connectivity index (χ1) is 16.7. The molecule has 12 heteroatoms. The SMILES string of the molecule is C[C@@H](SC1COC(c2ccc(C(=O)O)cc2F)OC1)[C@](O)(Cn1cncn1)c1ccc(F)cc1F. The van der Waals surface area contributed by atoms with Crippen molar-refractivity contribution in [2.75, 3.05) is 13.2 Å². The summed E-state index contributed by atoms with van der Waals surface area (Å²) >= 11 is 1.27. The first-order valence-electron chi connectivity index (χ1n) is 10.6. The molecule has 3 aromatic rings.